The van der Waals surface area contributed by atoms with Crippen LogP contribution in [0.2, 0.25) is 0 Å². The van der Waals surface area contributed by atoms with E-state index < -0.39 is 0 Å². The summed E-state index contributed by atoms with van der Waals surface area (Å²) in [5.41, 5.74) is 3.48. The zero-order valence-corrected chi connectivity index (χ0v) is 21.8. The topological polar surface area (TPSA) is 83.1 Å². The highest BCUT2D eigenvalue weighted by Crippen LogP contribution is 2.42. The van der Waals surface area contributed by atoms with Gasteiger partial charge in [0.2, 0.25) is 5.75 Å². The maximum Gasteiger partial charge on any atom is 0.310 e. The van der Waals surface area contributed by atoms with Gasteiger partial charge in [0, 0.05) is 26.6 Å². The Labute approximate surface area is 219 Å². The summed E-state index contributed by atoms with van der Waals surface area (Å²) in [7, 11) is 6.03. The van der Waals surface area contributed by atoms with Gasteiger partial charge < -0.3 is 24.3 Å². The summed E-state index contributed by atoms with van der Waals surface area (Å²) in [6.07, 6.45) is 0.206. The van der Waals surface area contributed by atoms with Gasteiger partial charge in [0.15, 0.2) is 11.5 Å². The number of carbonyl (C=O) groups excluding carboxylic acids is 2. The SMILES string of the molecule is COC(=O)Cc1ccc(-c2ccccc2NC(=O)c2ccccc2-c2cc(OC)c(OC)c(OC)c2)s1. The zero-order chi connectivity index (χ0) is 26.4. The van der Waals surface area contributed by atoms with Gasteiger partial charge in [-0.05, 0) is 47.5 Å². The predicted molar refractivity (Wildman–Crippen MR) is 145 cm³/mol. The van der Waals surface area contributed by atoms with Crippen molar-refractivity contribution in [3.8, 4) is 38.8 Å². The van der Waals surface area contributed by atoms with E-state index in [-0.39, 0.29) is 18.3 Å². The third kappa shape index (κ3) is 5.59. The van der Waals surface area contributed by atoms with E-state index in [0.29, 0.717) is 34.1 Å². The van der Waals surface area contributed by atoms with Crippen LogP contribution in [0.1, 0.15) is 15.2 Å². The van der Waals surface area contributed by atoms with Crippen molar-refractivity contribution >= 4 is 28.9 Å². The van der Waals surface area contributed by atoms with E-state index in [1.807, 2.05) is 66.7 Å². The monoisotopic (exact) mass is 517 g/mol. The van der Waals surface area contributed by atoms with Crippen molar-refractivity contribution < 1.29 is 28.5 Å². The molecule has 3 aromatic carbocycles. The molecule has 0 radical (unpaired) electrons. The average Bonchev–Trinajstić information content (AvgIpc) is 3.40. The van der Waals surface area contributed by atoms with Gasteiger partial charge in [-0.1, -0.05) is 36.4 Å². The van der Waals surface area contributed by atoms with Crippen LogP contribution >= 0.6 is 11.3 Å². The lowest BCUT2D eigenvalue weighted by atomic mass is 9.98. The number of thiophene rings is 1. The van der Waals surface area contributed by atoms with Gasteiger partial charge in [-0.2, -0.15) is 0 Å². The number of benzene rings is 3. The summed E-state index contributed by atoms with van der Waals surface area (Å²) >= 11 is 1.49. The van der Waals surface area contributed by atoms with Crippen LogP contribution in [0.5, 0.6) is 17.2 Å². The largest absolute Gasteiger partial charge is 0.493 e. The molecule has 0 aliphatic rings. The van der Waals surface area contributed by atoms with Crippen molar-refractivity contribution in [1.82, 2.24) is 0 Å². The molecule has 8 heteroatoms. The number of rotatable bonds is 9. The predicted octanol–water partition coefficient (Wildman–Crippen LogP) is 6.08. The highest BCUT2D eigenvalue weighted by Gasteiger charge is 2.19. The Morgan fingerprint density at radius 2 is 1.43 bits per heavy atom. The fraction of sp³-hybridized carbons (Fsp3) is 0.172. The molecular weight excluding hydrogens is 490 g/mol. The Hall–Kier alpha value is -4.30. The molecule has 0 aliphatic heterocycles. The molecule has 4 aromatic rings. The van der Waals surface area contributed by atoms with Crippen molar-refractivity contribution in [3.63, 3.8) is 0 Å². The van der Waals surface area contributed by atoms with E-state index in [0.717, 1.165) is 20.9 Å². The third-order valence-corrected chi connectivity index (χ3v) is 6.91. The number of para-hydroxylation sites is 1. The first-order valence-electron chi connectivity index (χ1n) is 11.4. The van der Waals surface area contributed by atoms with Crippen molar-refractivity contribution in [2.75, 3.05) is 33.8 Å². The molecule has 7 nitrogen and oxygen atoms in total. The van der Waals surface area contributed by atoms with E-state index in [2.05, 4.69) is 5.32 Å². The van der Waals surface area contributed by atoms with E-state index >= 15 is 0 Å². The van der Waals surface area contributed by atoms with Gasteiger partial charge in [-0.15, -0.1) is 11.3 Å². The zero-order valence-electron chi connectivity index (χ0n) is 21.0. The van der Waals surface area contributed by atoms with Crippen LogP contribution in [0.15, 0.2) is 72.8 Å². The first-order chi connectivity index (χ1) is 18.0. The maximum atomic E-state index is 13.6. The molecule has 0 unspecified atom stereocenters. The lowest BCUT2D eigenvalue weighted by molar-refractivity contribution is -0.139. The molecule has 0 atom stereocenters. The highest BCUT2D eigenvalue weighted by molar-refractivity contribution is 7.15. The van der Waals surface area contributed by atoms with Crippen LogP contribution in [-0.4, -0.2) is 40.3 Å². The Balaban J connectivity index is 1.68. The highest BCUT2D eigenvalue weighted by atomic mass is 32.1. The quantitative estimate of drug-likeness (QED) is 0.271. The van der Waals surface area contributed by atoms with Crippen molar-refractivity contribution in [3.05, 3.63) is 83.2 Å². The first-order valence-corrected chi connectivity index (χ1v) is 12.3. The number of methoxy groups -OCH3 is 4. The molecule has 0 saturated heterocycles. The second-order valence-corrected chi connectivity index (χ2v) is 9.15. The minimum absolute atomic E-state index is 0.206. The van der Waals surface area contributed by atoms with Crippen LogP contribution in [0.3, 0.4) is 0 Å². The molecule has 0 spiro atoms. The third-order valence-electron chi connectivity index (χ3n) is 5.80. The van der Waals surface area contributed by atoms with Crippen molar-refractivity contribution in [1.29, 1.82) is 0 Å². The smallest absolute Gasteiger partial charge is 0.310 e. The van der Waals surface area contributed by atoms with Crippen molar-refractivity contribution in [2.45, 2.75) is 6.42 Å². The Morgan fingerprint density at radius 3 is 2.08 bits per heavy atom. The minimum Gasteiger partial charge on any atom is -0.493 e. The van der Waals surface area contributed by atoms with Crippen LogP contribution in [0.25, 0.3) is 21.6 Å². The normalized spacial score (nSPS) is 10.5. The second kappa shape index (κ2) is 11.6. The number of carbonyl (C=O) groups is 2. The summed E-state index contributed by atoms with van der Waals surface area (Å²) in [6, 6.07) is 22.4. The standard InChI is InChI=1S/C29H27NO6S/c1-33-24-15-18(16-25(34-2)28(24)36-4)20-9-5-6-10-21(20)29(32)30-23-12-8-7-11-22(23)26-14-13-19(37-26)17-27(31)35-3/h5-16H,17H2,1-4H3,(H,30,32). The molecule has 1 heterocycles. The fourth-order valence-electron chi connectivity index (χ4n) is 4.00. The lowest BCUT2D eigenvalue weighted by Gasteiger charge is -2.16. The van der Waals surface area contributed by atoms with Gasteiger partial charge in [-0.25, -0.2) is 0 Å². The maximum absolute atomic E-state index is 13.6. The summed E-state index contributed by atoms with van der Waals surface area (Å²) in [5.74, 6) is 0.921. The first kappa shape index (κ1) is 25.8. The molecule has 0 saturated carbocycles. The molecule has 4 rings (SSSR count). The van der Waals surface area contributed by atoms with Crippen LogP contribution in [-0.2, 0) is 16.0 Å². The Bertz CT molecular complexity index is 1400. The molecule has 0 aliphatic carbocycles. The number of ether oxygens (including phenoxy) is 4. The van der Waals surface area contributed by atoms with Gasteiger partial charge in [-0.3, -0.25) is 9.59 Å². The molecule has 190 valence electrons. The summed E-state index contributed by atoms with van der Waals surface area (Å²) < 4.78 is 21.2. The molecular formula is C29H27NO6S. The molecule has 1 aromatic heterocycles. The van der Waals surface area contributed by atoms with Gasteiger partial charge in [0.05, 0.1) is 34.9 Å². The van der Waals surface area contributed by atoms with E-state index in [4.69, 9.17) is 18.9 Å². The van der Waals surface area contributed by atoms with Gasteiger partial charge >= 0.3 is 5.97 Å². The molecule has 1 N–H and O–H groups in total. The summed E-state index contributed by atoms with van der Waals surface area (Å²) in [5, 5.41) is 3.07. The number of hydrogen-bond donors (Lipinski definition) is 1. The summed E-state index contributed by atoms with van der Waals surface area (Å²) in [6.45, 7) is 0. The molecule has 1 amide bonds. The minimum atomic E-state index is -0.293. The number of hydrogen-bond acceptors (Lipinski definition) is 7. The lowest BCUT2D eigenvalue weighted by Crippen LogP contribution is -2.13. The van der Waals surface area contributed by atoms with Crippen LogP contribution < -0.4 is 19.5 Å². The fourth-order valence-corrected chi connectivity index (χ4v) is 5.03. The van der Waals surface area contributed by atoms with Gasteiger partial charge in [0.25, 0.3) is 5.91 Å². The number of nitrogens with one attached hydrogen (secondary N) is 1. The van der Waals surface area contributed by atoms with E-state index in [9.17, 15) is 9.59 Å². The molecule has 37 heavy (non-hydrogen) atoms. The van der Waals surface area contributed by atoms with Crippen molar-refractivity contribution in [2.24, 2.45) is 0 Å². The number of esters is 1. The van der Waals surface area contributed by atoms with E-state index in [1.54, 1.807) is 27.4 Å². The summed E-state index contributed by atoms with van der Waals surface area (Å²) in [4.78, 5) is 27.0. The van der Waals surface area contributed by atoms with Crippen LogP contribution in [0, 0.1) is 0 Å². The molecule has 0 fully saturated rings. The Kier molecular flexibility index (Phi) is 8.10. The second-order valence-electron chi connectivity index (χ2n) is 7.98. The van der Waals surface area contributed by atoms with Gasteiger partial charge in [0.1, 0.15) is 0 Å². The molecule has 0 bridgehead atoms. The number of anilines is 1. The Morgan fingerprint density at radius 1 is 0.784 bits per heavy atom. The number of amides is 1. The van der Waals surface area contributed by atoms with Crippen LogP contribution in [0.4, 0.5) is 5.69 Å². The van der Waals surface area contributed by atoms with E-state index in [1.165, 1.54) is 18.4 Å². The average molecular weight is 518 g/mol.